The molecule has 1 atom stereocenters. The van der Waals surface area contributed by atoms with Crippen LogP contribution in [0.5, 0.6) is 0 Å². The van der Waals surface area contributed by atoms with Crippen LogP contribution in [0.4, 0.5) is 0 Å². The van der Waals surface area contributed by atoms with Gasteiger partial charge in [-0.25, -0.2) is 0 Å². The van der Waals surface area contributed by atoms with Gasteiger partial charge in [-0.3, -0.25) is 4.79 Å². The molecule has 1 fully saturated rings. The van der Waals surface area contributed by atoms with Crippen molar-refractivity contribution in [1.29, 1.82) is 0 Å². The van der Waals surface area contributed by atoms with Crippen LogP contribution < -0.4 is 0 Å². The van der Waals surface area contributed by atoms with Crippen molar-refractivity contribution in [2.24, 2.45) is 5.92 Å². The van der Waals surface area contributed by atoms with Crippen molar-refractivity contribution in [1.82, 2.24) is 10.1 Å². The third-order valence-electron chi connectivity index (χ3n) is 3.50. The van der Waals surface area contributed by atoms with Gasteiger partial charge in [0.15, 0.2) is 5.82 Å². The van der Waals surface area contributed by atoms with Crippen LogP contribution in [0.15, 0.2) is 4.52 Å². The molecule has 1 heterocycles. The van der Waals surface area contributed by atoms with Crippen molar-refractivity contribution >= 4 is 5.97 Å². The second kappa shape index (κ2) is 6.17. The SMILES string of the molecule is CCOC(=O)C(CC(C)C)c1nc(C2CCC2)no1. The summed E-state index contributed by atoms with van der Waals surface area (Å²) in [4.78, 5) is 16.4. The third-order valence-corrected chi connectivity index (χ3v) is 3.50. The molecule has 0 amide bonds. The van der Waals surface area contributed by atoms with E-state index < -0.39 is 5.92 Å². The average Bonchev–Trinajstić information content (AvgIpc) is 2.72. The van der Waals surface area contributed by atoms with E-state index in [1.807, 2.05) is 0 Å². The van der Waals surface area contributed by atoms with Crippen molar-refractivity contribution < 1.29 is 14.1 Å². The quantitative estimate of drug-likeness (QED) is 0.740. The fraction of sp³-hybridized carbons (Fsp3) is 0.786. The largest absolute Gasteiger partial charge is 0.465 e. The number of hydrogen-bond donors (Lipinski definition) is 0. The number of hydrogen-bond acceptors (Lipinski definition) is 5. The summed E-state index contributed by atoms with van der Waals surface area (Å²) >= 11 is 0. The number of ether oxygens (including phenoxy) is 1. The lowest BCUT2D eigenvalue weighted by Gasteiger charge is -2.21. The summed E-state index contributed by atoms with van der Waals surface area (Å²) in [5.41, 5.74) is 0. The third kappa shape index (κ3) is 3.33. The van der Waals surface area contributed by atoms with Gasteiger partial charge in [0.2, 0.25) is 5.89 Å². The normalized spacial score (nSPS) is 17.3. The van der Waals surface area contributed by atoms with E-state index in [4.69, 9.17) is 9.26 Å². The molecule has 5 heteroatoms. The molecule has 1 aromatic rings. The summed E-state index contributed by atoms with van der Waals surface area (Å²) in [5.74, 6) is 1.25. The fourth-order valence-corrected chi connectivity index (χ4v) is 2.23. The zero-order valence-electron chi connectivity index (χ0n) is 11.9. The van der Waals surface area contributed by atoms with Gasteiger partial charge in [0, 0.05) is 5.92 Å². The monoisotopic (exact) mass is 266 g/mol. The first kappa shape index (κ1) is 14.0. The average molecular weight is 266 g/mol. The lowest BCUT2D eigenvalue weighted by molar-refractivity contribution is -0.146. The molecule has 1 aromatic heterocycles. The highest BCUT2D eigenvalue weighted by atomic mass is 16.5. The van der Waals surface area contributed by atoms with Crippen LogP contribution in [0.3, 0.4) is 0 Å². The van der Waals surface area contributed by atoms with Crippen LogP contribution in [-0.2, 0) is 9.53 Å². The van der Waals surface area contributed by atoms with E-state index in [9.17, 15) is 4.79 Å². The standard InChI is InChI=1S/C14H22N2O3/c1-4-18-14(17)11(8-9(2)3)13-15-12(16-19-13)10-6-5-7-10/h9-11H,4-8H2,1-3H3. The summed E-state index contributed by atoms with van der Waals surface area (Å²) < 4.78 is 10.4. The molecule has 5 nitrogen and oxygen atoms in total. The van der Waals surface area contributed by atoms with Crippen LogP contribution >= 0.6 is 0 Å². The molecule has 1 aliphatic carbocycles. The maximum Gasteiger partial charge on any atom is 0.318 e. The van der Waals surface area contributed by atoms with E-state index in [2.05, 4.69) is 24.0 Å². The second-order valence-electron chi connectivity index (χ2n) is 5.55. The molecular weight excluding hydrogens is 244 g/mol. The van der Waals surface area contributed by atoms with Crippen LogP contribution in [0, 0.1) is 5.92 Å². The molecule has 0 bridgehead atoms. The molecule has 1 aliphatic rings. The Kier molecular flexibility index (Phi) is 4.56. The molecule has 0 aromatic carbocycles. The molecule has 106 valence electrons. The molecule has 1 saturated carbocycles. The molecular formula is C14H22N2O3. The summed E-state index contributed by atoms with van der Waals surface area (Å²) in [6.07, 6.45) is 4.13. The van der Waals surface area contributed by atoms with Gasteiger partial charge < -0.3 is 9.26 Å². The van der Waals surface area contributed by atoms with Gasteiger partial charge in [0.25, 0.3) is 0 Å². The Morgan fingerprint density at radius 2 is 2.21 bits per heavy atom. The maximum absolute atomic E-state index is 12.0. The number of aromatic nitrogens is 2. The first-order valence-corrected chi connectivity index (χ1v) is 7.12. The van der Waals surface area contributed by atoms with Crippen molar-refractivity contribution in [3.63, 3.8) is 0 Å². The Balaban J connectivity index is 2.11. The Bertz CT molecular complexity index is 424. The second-order valence-corrected chi connectivity index (χ2v) is 5.55. The van der Waals surface area contributed by atoms with E-state index in [0.717, 1.165) is 18.7 Å². The summed E-state index contributed by atoms with van der Waals surface area (Å²) in [6, 6.07) is 0. The first-order chi connectivity index (χ1) is 9.11. The highest BCUT2D eigenvalue weighted by molar-refractivity contribution is 5.76. The Labute approximate surface area is 113 Å². The minimum Gasteiger partial charge on any atom is -0.465 e. The Morgan fingerprint density at radius 3 is 2.74 bits per heavy atom. The smallest absolute Gasteiger partial charge is 0.318 e. The summed E-state index contributed by atoms with van der Waals surface area (Å²) in [5, 5.41) is 4.02. The van der Waals surface area contributed by atoms with Gasteiger partial charge in [0.05, 0.1) is 6.61 Å². The molecule has 0 radical (unpaired) electrons. The van der Waals surface area contributed by atoms with Gasteiger partial charge in [-0.1, -0.05) is 25.4 Å². The maximum atomic E-state index is 12.0. The Hall–Kier alpha value is -1.39. The van der Waals surface area contributed by atoms with Crippen molar-refractivity contribution in [2.75, 3.05) is 6.61 Å². The number of esters is 1. The topological polar surface area (TPSA) is 65.2 Å². The van der Waals surface area contributed by atoms with Crippen LogP contribution in [0.2, 0.25) is 0 Å². The molecule has 0 N–H and O–H groups in total. The van der Waals surface area contributed by atoms with E-state index in [1.54, 1.807) is 6.92 Å². The van der Waals surface area contributed by atoms with Crippen molar-refractivity contribution in [3.05, 3.63) is 11.7 Å². The zero-order valence-corrected chi connectivity index (χ0v) is 11.9. The number of nitrogens with zero attached hydrogens (tertiary/aromatic N) is 2. The molecule has 0 saturated heterocycles. The lowest BCUT2D eigenvalue weighted by Crippen LogP contribution is -2.18. The summed E-state index contributed by atoms with van der Waals surface area (Å²) in [6.45, 7) is 6.31. The van der Waals surface area contributed by atoms with Crippen LogP contribution in [0.25, 0.3) is 0 Å². The van der Waals surface area contributed by atoms with Gasteiger partial charge in [-0.05, 0) is 32.1 Å². The van der Waals surface area contributed by atoms with E-state index >= 15 is 0 Å². The van der Waals surface area contributed by atoms with Crippen molar-refractivity contribution in [2.45, 2.75) is 58.3 Å². The first-order valence-electron chi connectivity index (χ1n) is 7.12. The lowest BCUT2D eigenvalue weighted by atomic mass is 9.85. The van der Waals surface area contributed by atoms with Crippen LogP contribution in [0.1, 0.15) is 70.0 Å². The molecule has 0 aliphatic heterocycles. The van der Waals surface area contributed by atoms with Gasteiger partial charge >= 0.3 is 5.97 Å². The van der Waals surface area contributed by atoms with E-state index in [0.29, 0.717) is 30.8 Å². The molecule has 1 unspecified atom stereocenters. The molecule has 0 spiro atoms. The van der Waals surface area contributed by atoms with E-state index in [1.165, 1.54) is 6.42 Å². The van der Waals surface area contributed by atoms with E-state index in [-0.39, 0.29) is 5.97 Å². The van der Waals surface area contributed by atoms with Crippen molar-refractivity contribution in [3.8, 4) is 0 Å². The zero-order chi connectivity index (χ0) is 13.8. The number of carbonyl (C=O) groups is 1. The summed E-state index contributed by atoms with van der Waals surface area (Å²) in [7, 11) is 0. The Morgan fingerprint density at radius 1 is 1.47 bits per heavy atom. The number of carbonyl (C=O) groups excluding carboxylic acids is 1. The van der Waals surface area contributed by atoms with Crippen LogP contribution in [-0.4, -0.2) is 22.7 Å². The molecule has 19 heavy (non-hydrogen) atoms. The minimum absolute atomic E-state index is 0.264. The van der Waals surface area contributed by atoms with Gasteiger partial charge in [-0.15, -0.1) is 0 Å². The van der Waals surface area contributed by atoms with Gasteiger partial charge in [0.1, 0.15) is 5.92 Å². The number of rotatable bonds is 6. The minimum atomic E-state index is -0.429. The highest BCUT2D eigenvalue weighted by Crippen LogP contribution is 2.35. The van der Waals surface area contributed by atoms with Gasteiger partial charge in [-0.2, -0.15) is 4.98 Å². The molecule has 2 rings (SSSR count). The predicted molar refractivity (Wildman–Crippen MR) is 69.7 cm³/mol. The predicted octanol–water partition coefficient (Wildman–Crippen LogP) is 3.03. The fourth-order valence-electron chi connectivity index (χ4n) is 2.23. The highest BCUT2D eigenvalue weighted by Gasteiger charge is 2.31.